The molecule has 44 heavy (non-hydrogen) atoms. The SMILES string of the molecule is Fc1c(F)c(-c2c(F)c(F)c(I)c(F)c2F)c(F)c(F)c1I.c1ccc(-c2ncc[nH]2)nc1.c1ccc(-c2ncc[nH]2)nc1. The predicted molar refractivity (Wildman–Crippen MR) is 161 cm³/mol. The normalized spacial score (nSPS) is 10.5. The van der Waals surface area contributed by atoms with Crippen molar-refractivity contribution in [2.45, 2.75) is 0 Å². The number of nitrogens with zero attached hydrogens (tertiary/aromatic N) is 4. The molecule has 0 radical (unpaired) electrons. The van der Waals surface area contributed by atoms with Crippen molar-refractivity contribution in [3.8, 4) is 34.2 Å². The van der Waals surface area contributed by atoms with Crippen LogP contribution < -0.4 is 0 Å². The monoisotopic (exact) mass is 840 g/mol. The summed E-state index contributed by atoms with van der Waals surface area (Å²) in [5.74, 6) is -14.8. The molecule has 0 aliphatic rings. The number of pyridine rings is 2. The lowest BCUT2D eigenvalue weighted by Crippen LogP contribution is -2.09. The molecule has 0 fully saturated rings. The molecule has 2 N–H and O–H groups in total. The van der Waals surface area contributed by atoms with Gasteiger partial charge in [-0.25, -0.2) is 45.1 Å². The van der Waals surface area contributed by atoms with Crippen LogP contribution in [0.5, 0.6) is 0 Å². The Bertz CT molecular complexity index is 1660. The van der Waals surface area contributed by atoms with Crippen LogP contribution in [0.1, 0.15) is 0 Å². The number of hydrogen-bond donors (Lipinski definition) is 2. The molecular weight excluding hydrogens is 826 g/mol. The van der Waals surface area contributed by atoms with Gasteiger partial charge in [-0.05, 0) is 69.4 Å². The number of imidazole rings is 2. The molecule has 6 rings (SSSR count). The van der Waals surface area contributed by atoms with E-state index >= 15 is 0 Å². The van der Waals surface area contributed by atoms with E-state index < -0.39 is 64.8 Å². The van der Waals surface area contributed by atoms with E-state index in [2.05, 4.69) is 29.9 Å². The van der Waals surface area contributed by atoms with Crippen molar-refractivity contribution < 1.29 is 35.1 Å². The van der Waals surface area contributed by atoms with Crippen LogP contribution >= 0.6 is 45.2 Å². The second-order valence-electron chi connectivity index (χ2n) is 8.20. The maximum atomic E-state index is 13.7. The lowest BCUT2D eigenvalue weighted by Gasteiger charge is -2.12. The minimum absolute atomic E-state index is 0.811. The second-order valence-corrected chi connectivity index (χ2v) is 10.4. The van der Waals surface area contributed by atoms with Crippen molar-refractivity contribution in [3.63, 3.8) is 0 Å². The van der Waals surface area contributed by atoms with Crippen LogP contribution in [0.2, 0.25) is 0 Å². The summed E-state index contributed by atoms with van der Waals surface area (Å²) in [6.45, 7) is 0. The predicted octanol–water partition coefficient (Wildman–Crippen LogP) is 8.62. The van der Waals surface area contributed by atoms with Gasteiger partial charge < -0.3 is 9.97 Å². The highest BCUT2D eigenvalue weighted by atomic mass is 127. The summed E-state index contributed by atoms with van der Waals surface area (Å²) in [5, 5.41) is 0. The largest absolute Gasteiger partial charge is 0.343 e. The maximum absolute atomic E-state index is 13.7. The average molecular weight is 840 g/mol. The third-order valence-electron chi connectivity index (χ3n) is 5.48. The first-order valence-electron chi connectivity index (χ1n) is 11.9. The van der Waals surface area contributed by atoms with Crippen molar-refractivity contribution in [1.29, 1.82) is 0 Å². The van der Waals surface area contributed by atoms with Crippen LogP contribution in [0.4, 0.5) is 35.1 Å². The smallest absolute Gasteiger partial charge is 0.175 e. The van der Waals surface area contributed by atoms with E-state index in [1.54, 1.807) is 37.2 Å². The Hall–Kier alpha value is -3.94. The van der Waals surface area contributed by atoms with Crippen LogP contribution in [0, 0.1) is 53.7 Å². The standard InChI is InChI=1S/C12F8I2.2C8H7N3/c13-3-1(4(14)8(18)11(21)7(3)17)2-5(15)9(19)12(22)10(20)6(2)16;2*1-2-4-9-7(3-1)8-10-5-6-11-8/h;2*1-6H,(H,10,11). The molecule has 226 valence electrons. The highest BCUT2D eigenvalue weighted by molar-refractivity contribution is 14.1. The van der Waals surface area contributed by atoms with Gasteiger partial charge in [0.1, 0.15) is 11.4 Å². The Morgan fingerprint density at radius 2 is 0.773 bits per heavy atom. The van der Waals surface area contributed by atoms with Gasteiger partial charge in [-0.2, -0.15) is 0 Å². The molecule has 4 heterocycles. The molecular formula is C28H14F8I2N6. The van der Waals surface area contributed by atoms with Crippen LogP contribution in [-0.4, -0.2) is 29.9 Å². The molecule has 0 unspecified atom stereocenters. The topological polar surface area (TPSA) is 83.1 Å². The van der Waals surface area contributed by atoms with Gasteiger partial charge in [0.25, 0.3) is 0 Å². The van der Waals surface area contributed by atoms with Gasteiger partial charge in [0.05, 0.1) is 18.3 Å². The number of rotatable bonds is 3. The number of benzene rings is 2. The van der Waals surface area contributed by atoms with Crippen molar-refractivity contribution in [2.75, 3.05) is 0 Å². The molecule has 2 aromatic carbocycles. The Labute approximate surface area is 270 Å². The molecule has 6 nitrogen and oxygen atoms in total. The van der Waals surface area contributed by atoms with E-state index in [0.717, 1.165) is 68.2 Å². The van der Waals surface area contributed by atoms with Gasteiger partial charge in [-0.1, -0.05) is 12.1 Å². The van der Waals surface area contributed by atoms with E-state index in [9.17, 15) is 35.1 Å². The van der Waals surface area contributed by atoms with Gasteiger partial charge in [0.2, 0.25) is 0 Å². The minimum atomic E-state index is -2.17. The quantitative estimate of drug-likeness (QED) is 0.0810. The lowest BCUT2D eigenvalue weighted by atomic mass is 10.0. The van der Waals surface area contributed by atoms with Gasteiger partial charge in [0, 0.05) is 37.2 Å². The summed E-state index contributed by atoms with van der Waals surface area (Å²) in [7, 11) is 0. The molecule has 4 aromatic heterocycles. The number of aromatic amines is 2. The molecule has 16 heteroatoms. The first-order chi connectivity index (χ1) is 21.0. The van der Waals surface area contributed by atoms with E-state index in [1.807, 2.05) is 36.4 Å². The van der Waals surface area contributed by atoms with Crippen molar-refractivity contribution in [2.24, 2.45) is 0 Å². The Balaban J connectivity index is 0.000000167. The Morgan fingerprint density at radius 3 is 1.02 bits per heavy atom. The maximum Gasteiger partial charge on any atom is 0.175 e. The van der Waals surface area contributed by atoms with E-state index in [-0.39, 0.29) is 0 Å². The average Bonchev–Trinajstić information content (AvgIpc) is 3.80. The van der Waals surface area contributed by atoms with Crippen molar-refractivity contribution in [1.82, 2.24) is 29.9 Å². The fraction of sp³-hybridized carbons (Fsp3) is 0. The zero-order valence-corrected chi connectivity index (χ0v) is 25.8. The molecule has 0 saturated carbocycles. The third kappa shape index (κ3) is 7.06. The third-order valence-corrected chi connectivity index (χ3v) is 7.38. The fourth-order valence-corrected chi connectivity index (χ4v) is 4.41. The molecule has 0 aliphatic heterocycles. The van der Waals surface area contributed by atoms with Crippen LogP contribution in [-0.2, 0) is 0 Å². The Morgan fingerprint density at radius 1 is 0.432 bits per heavy atom. The van der Waals surface area contributed by atoms with Gasteiger partial charge in [-0.15, -0.1) is 0 Å². The molecule has 0 aliphatic carbocycles. The molecule has 0 atom stereocenters. The molecule has 6 aromatic rings. The van der Waals surface area contributed by atoms with Crippen LogP contribution in [0.3, 0.4) is 0 Å². The van der Waals surface area contributed by atoms with Crippen LogP contribution in [0.25, 0.3) is 34.2 Å². The highest BCUT2D eigenvalue weighted by Crippen LogP contribution is 2.38. The molecule has 0 saturated heterocycles. The summed E-state index contributed by atoms with van der Waals surface area (Å²) in [6.07, 6.45) is 10.5. The second kappa shape index (κ2) is 14.7. The first kappa shape index (κ1) is 33.0. The van der Waals surface area contributed by atoms with E-state index in [4.69, 9.17) is 0 Å². The van der Waals surface area contributed by atoms with Crippen molar-refractivity contribution >= 4 is 45.2 Å². The summed E-state index contributed by atoms with van der Waals surface area (Å²) in [5.41, 5.74) is -1.98. The zero-order chi connectivity index (χ0) is 32.0. The fourth-order valence-electron chi connectivity index (χ4n) is 3.47. The van der Waals surface area contributed by atoms with Gasteiger partial charge in [-0.3, -0.25) is 9.97 Å². The number of nitrogens with one attached hydrogen (secondary N) is 2. The minimum Gasteiger partial charge on any atom is -0.343 e. The molecule has 0 bridgehead atoms. The number of hydrogen-bond acceptors (Lipinski definition) is 4. The van der Waals surface area contributed by atoms with E-state index in [0.29, 0.717) is 0 Å². The summed E-state index contributed by atoms with van der Waals surface area (Å²) >= 11 is 1.85. The molecule has 0 spiro atoms. The lowest BCUT2D eigenvalue weighted by molar-refractivity contribution is 0.433. The van der Waals surface area contributed by atoms with Gasteiger partial charge in [0.15, 0.2) is 58.2 Å². The molecule has 0 amide bonds. The van der Waals surface area contributed by atoms with Crippen LogP contribution in [0.15, 0.2) is 73.6 Å². The summed E-state index contributed by atoms with van der Waals surface area (Å²) < 4.78 is 107. The number of aromatic nitrogens is 6. The number of halogens is 10. The zero-order valence-electron chi connectivity index (χ0n) is 21.5. The highest BCUT2D eigenvalue weighted by Gasteiger charge is 2.33. The summed E-state index contributed by atoms with van der Waals surface area (Å²) in [4.78, 5) is 22.4. The van der Waals surface area contributed by atoms with Gasteiger partial charge >= 0.3 is 0 Å². The summed E-state index contributed by atoms with van der Waals surface area (Å²) in [6, 6.07) is 11.5. The Kier molecular flexibility index (Phi) is 11.0. The number of H-pyrrole nitrogens is 2. The van der Waals surface area contributed by atoms with Crippen molar-refractivity contribution in [3.05, 3.63) is 127 Å². The first-order valence-corrected chi connectivity index (χ1v) is 14.0. The van der Waals surface area contributed by atoms with E-state index in [1.165, 1.54) is 0 Å².